The first-order valence-corrected chi connectivity index (χ1v) is 10.1. The quantitative estimate of drug-likeness (QED) is 0.566. The van der Waals surface area contributed by atoms with Crippen molar-refractivity contribution in [3.8, 4) is 11.4 Å². The van der Waals surface area contributed by atoms with Gasteiger partial charge in [-0.25, -0.2) is 4.39 Å². The number of hydrogen-bond donors (Lipinski definition) is 0. The number of aryl methyl sites for hydroxylation is 1. The Morgan fingerprint density at radius 2 is 1.79 bits per heavy atom. The van der Waals surface area contributed by atoms with Crippen molar-refractivity contribution in [2.45, 2.75) is 25.0 Å². The van der Waals surface area contributed by atoms with E-state index in [1.54, 1.807) is 41.8 Å². The molecule has 5 nitrogen and oxygen atoms in total. The molecule has 0 saturated heterocycles. The second-order valence-electron chi connectivity index (χ2n) is 6.55. The second kappa shape index (κ2) is 9.01. The summed E-state index contributed by atoms with van der Waals surface area (Å²) in [7, 11) is 3.56. The average molecular weight is 399 g/mol. The van der Waals surface area contributed by atoms with Gasteiger partial charge >= 0.3 is 0 Å². The molecule has 0 fully saturated rings. The lowest BCUT2D eigenvalue weighted by Crippen LogP contribution is -2.27. The first-order valence-electron chi connectivity index (χ1n) is 9.08. The maximum atomic E-state index is 14.0. The average Bonchev–Trinajstić information content (AvgIpc) is 3.07. The molecule has 0 radical (unpaired) electrons. The summed E-state index contributed by atoms with van der Waals surface area (Å²) in [6.07, 6.45) is 0.998. The standard InChI is InChI=1S/C21H23FN4OS/c1-4-15-9-11-16(12-10-15)13-25(2)19(27)14-28-21-24-23-20(26(21)3)17-7-5-6-8-18(17)22/h5-12H,4,13-14H2,1-3H3. The number of carbonyl (C=O) groups is 1. The van der Waals surface area contributed by atoms with E-state index in [-0.39, 0.29) is 17.5 Å². The summed E-state index contributed by atoms with van der Waals surface area (Å²) in [4.78, 5) is 14.2. The van der Waals surface area contributed by atoms with Gasteiger partial charge in [-0.1, -0.05) is 55.1 Å². The molecule has 0 saturated carbocycles. The van der Waals surface area contributed by atoms with Gasteiger partial charge in [-0.3, -0.25) is 4.79 Å². The number of carbonyl (C=O) groups excluding carboxylic acids is 1. The predicted octanol–water partition coefficient (Wildman–Crippen LogP) is 3.93. The largest absolute Gasteiger partial charge is 0.341 e. The summed E-state index contributed by atoms with van der Waals surface area (Å²) in [5.41, 5.74) is 2.77. The van der Waals surface area contributed by atoms with E-state index in [0.29, 0.717) is 23.1 Å². The maximum Gasteiger partial charge on any atom is 0.233 e. The van der Waals surface area contributed by atoms with Crippen LogP contribution in [0.1, 0.15) is 18.1 Å². The minimum absolute atomic E-state index is 0.00000900. The van der Waals surface area contributed by atoms with Crippen LogP contribution in [0.15, 0.2) is 53.7 Å². The highest BCUT2D eigenvalue weighted by atomic mass is 32.2. The molecule has 0 N–H and O–H groups in total. The highest BCUT2D eigenvalue weighted by Crippen LogP contribution is 2.24. The van der Waals surface area contributed by atoms with Gasteiger partial charge in [0.25, 0.3) is 0 Å². The van der Waals surface area contributed by atoms with E-state index in [1.165, 1.54) is 23.4 Å². The van der Waals surface area contributed by atoms with E-state index in [4.69, 9.17) is 0 Å². The molecule has 1 amide bonds. The molecule has 7 heteroatoms. The zero-order valence-corrected chi connectivity index (χ0v) is 17.0. The molecule has 28 heavy (non-hydrogen) atoms. The number of hydrogen-bond acceptors (Lipinski definition) is 4. The fourth-order valence-corrected chi connectivity index (χ4v) is 3.65. The minimum atomic E-state index is -0.348. The fourth-order valence-electron chi connectivity index (χ4n) is 2.80. The van der Waals surface area contributed by atoms with Gasteiger partial charge in [0.15, 0.2) is 11.0 Å². The zero-order chi connectivity index (χ0) is 20.1. The predicted molar refractivity (Wildman–Crippen MR) is 109 cm³/mol. The Bertz CT molecular complexity index is 955. The molecule has 0 atom stereocenters. The van der Waals surface area contributed by atoms with Gasteiger partial charge in [-0.15, -0.1) is 10.2 Å². The van der Waals surface area contributed by atoms with Crippen molar-refractivity contribution in [3.63, 3.8) is 0 Å². The van der Waals surface area contributed by atoms with E-state index in [0.717, 1.165) is 12.0 Å². The number of aromatic nitrogens is 3. The summed E-state index contributed by atoms with van der Waals surface area (Å²) in [6.45, 7) is 2.68. The third-order valence-electron chi connectivity index (χ3n) is 4.55. The van der Waals surface area contributed by atoms with Crippen molar-refractivity contribution < 1.29 is 9.18 Å². The van der Waals surface area contributed by atoms with Crippen LogP contribution in [0.4, 0.5) is 4.39 Å². The normalized spacial score (nSPS) is 10.9. The van der Waals surface area contributed by atoms with Crippen molar-refractivity contribution in [1.82, 2.24) is 19.7 Å². The highest BCUT2D eigenvalue weighted by molar-refractivity contribution is 7.99. The Hall–Kier alpha value is -2.67. The van der Waals surface area contributed by atoms with Gasteiger partial charge in [0.2, 0.25) is 5.91 Å². The molecule has 0 bridgehead atoms. The van der Waals surface area contributed by atoms with Crippen LogP contribution in [-0.2, 0) is 24.8 Å². The lowest BCUT2D eigenvalue weighted by Gasteiger charge is -2.17. The molecule has 2 aromatic carbocycles. The summed E-state index contributed by atoms with van der Waals surface area (Å²) >= 11 is 1.30. The van der Waals surface area contributed by atoms with Crippen LogP contribution in [0.5, 0.6) is 0 Å². The van der Waals surface area contributed by atoms with Crippen LogP contribution in [-0.4, -0.2) is 38.4 Å². The zero-order valence-electron chi connectivity index (χ0n) is 16.2. The molecule has 1 aromatic heterocycles. The van der Waals surface area contributed by atoms with Crippen LogP contribution < -0.4 is 0 Å². The van der Waals surface area contributed by atoms with Crippen LogP contribution in [0.25, 0.3) is 11.4 Å². The van der Waals surface area contributed by atoms with Crippen molar-refractivity contribution in [2.24, 2.45) is 7.05 Å². The van der Waals surface area contributed by atoms with Crippen LogP contribution in [0.3, 0.4) is 0 Å². The van der Waals surface area contributed by atoms with E-state index in [1.807, 2.05) is 0 Å². The van der Waals surface area contributed by atoms with Crippen LogP contribution >= 0.6 is 11.8 Å². The van der Waals surface area contributed by atoms with Gasteiger partial charge < -0.3 is 9.47 Å². The maximum absolute atomic E-state index is 14.0. The van der Waals surface area contributed by atoms with Gasteiger partial charge in [-0.2, -0.15) is 0 Å². The molecule has 3 rings (SSSR count). The first kappa shape index (κ1) is 20.1. The summed E-state index contributed by atoms with van der Waals surface area (Å²) in [6, 6.07) is 14.7. The molecule has 1 heterocycles. The van der Waals surface area contributed by atoms with Gasteiger partial charge in [-0.05, 0) is 29.7 Å². The van der Waals surface area contributed by atoms with Crippen molar-refractivity contribution in [3.05, 3.63) is 65.5 Å². The van der Waals surface area contributed by atoms with Crippen LogP contribution in [0, 0.1) is 5.82 Å². The van der Waals surface area contributed by atoms with Crippen molar-refractivity contribution >= 4 is 17.7 Å². The minimum Gasteiger partial charge on any atom is -0.341 e. The molecule has 0 spiro atoms. The van der Waals surface area contributed by atoms with Gasteiger partial charge in [0, 0.05) is 20.6 Å². The smallest absolute Gasteiger partial charge is 0.233 e. The number of halogens is 1. The van der Waals surface area contributed by atoms with E-state index >= 15 is 0 Å². The van der Waals surface area contributed by atoms with Crippen molar-refractivity contribution in [2.75, 3.05) is 12.8 Å². The highest BCUT2D eigenvalue weighted by Gasteiger charge is 2.16. The number of nitrogens with zero attached hydrogens (tertiary/aromatic N) is 4. The Morgan fingerprint density at radius 1 is 1.11 bits per heavy atom. The van der Waals surface area contributed by atoms with E-state index in [9.17, 15) is 9.18 Å². The fraction of sp³-hybridized carbons (Fsp3) is 0.286. The molecular weight excluding hydrogens is 375 g/mol. The number of benzene rings is 2. The molecule has 0 aliphatic heterocycles. The number of amides is 1. The summed E-state index contributed by atoms with van der Waals surface area (Å²) in [5, 5.41) is 8.76. The summed E-state index contributed by atoms with van der Waals surface area (Å²) in [5.74, 6) is 0.337. The van der Waals surface area contributed by atoms with Crippen molar-refractivity contribution in [1.29, 1.82) is 0 Å². The Labute approximate surface area is 168 Å². The van der Waals surface area contributed by atoms with Crippen LogP contribution in [0.2, 0.25) is 0 Å². The summed E-state index contributed by atoms with van der Waals surface area (Å²) < 4.78 is 15.7. The van der Waals surface area contributed by atoms with Gasteiger partial charge in [0.1, 0.15) is 5.82 Å². The third kappa shape index (κ3) is 4.59. The SMILES string of the molecule is CCc1ccc(CN(C)C(=O)CSc2nnc(-c3ccccc3F)n2C)cc1. The third-order valence-corrected chi connectivity index (χ3v) is 5.56. The lowest BCUT2D eigenvalue weighted by molar-refractivity contribution is -0.127. The van der Waals surface area contributed by atoms with E-state index < -0.39 is 0 Å². The molecule has 0 aliphatic carbocycles. The molecular formula is C21H23FN4OS. The van der Waals surface area contributed by atoms with Gasteiger partial charge in [0.05, 0.1) is 11.3 Å². The molecule has 0 unspecified atom stereocenters. The number of thioether (sulfide) groups is 1. The Balaban J connectivity index is 1.60. The molecule has 146 valence electrons. The van der Waals surface area contributed by atoms with E-state index in [2.05, 4.69) is 41.4 Å². The molecule has 3 aromatic rings. The monoisotopic (exact) mass is 398 g/mol. The Kier molecular flexibility index (Phi) is 6.46. The first-order chi connectivity index (χ1) is 13.5. The second-order valence-corrected chi connectivity index (χ2v) is 7.50. The molecule has 0 aliphatic rings. The topological polar surface area (TPSA) is 51.0 Å². The number of rotatable bonds is 7. The lowest BCUT2D eigenvalue weighted by atomic mass is 10.1. The Morgan fingerprint density at radius 3 is 2.46 bits per heavy atom.